The summed E-state index contributed by atoms with van der Waals surface area (Å²) in [5.74, 6) is 0. The molecule has 0 radical (unpaired) electrons. The average Bonchev–Trinajstić information content (AvgIpc) is 2.16. The van der Waals surface area contributed by atoms with Crippen molar-refractivity contribution < 1.29 is 10.4 Å². The molecule has 15 heavy (non-hydrogen) atoms. The van der Waals surface area contributed by atoms with Gasteiger partial charge < -0.3 is 10.4 Å². The fourth-order valence-corrected chi connectivity index (χ4v) is 1.50. The maximum Gasteiger partial charge on any atom is 0.135 e. The van der Waals surface area contributed by atoms with E-state index < -0.39 is 5.60 Å². The lowest BCUT2D eigenvalue weighted by Crippen LogP contribution is -2.91. The van der Waals surface area contributed by atoms with Gasteiger partial charge in [0.15, 0.2) is 0 Å². The molecule has 1 rings (SSSR count). The quantitative estimate of drug-likeness (QED) is 0.766. The largest absolute Gasteiger partial charge is 0.380 e. The second kappa shape index (κ2) is 4.77. The lowest BCUT2D eigenvalue weighted by Gasteiger charge is -2.23. The second-order valence-electron chi connectivity index (χ2n) is 4.82. The Hall–Kier alpha value is -0.860. The van der Waals surface area contributed by atoms with Crippen molar-refractivity contribution in [2.45, 2.75) is 39.3 Å². The molecule has 0 unspecified atom stereocenters. The zero-order chi connectivity index (χ0) is 11.5. The lowest BCUT2D eigenvalue weighted by molar-refractivity contribution is -0.695. The van der Waals surface area contributed by atoms with Crippen LogP contribution in [0.25, 0.3) is 0 Å². The number of hydrogen-bond acceptors (Lipinski definition) is 1. The van der Waals surface area contributed by atoms with Gasteiger partial charge in [-0.15, -0.1) is 0 Å². The highest BCUT2D eigenvalue weighted by Gasteiger charge is 2.25. The van der Waals surface area contributed by atoms with Gasteiger partial charge in [0.25, 0.3) is 0 Å². The van der Waals surface area contributed by atoms with E-state index in [-0.39, 0.29) is 0 Å². The van der Waals surface area contributed by atoms with Crippen LogP contribution in [-0.4, -0.2) is 17.7 Å². The number of rotatable bonds is 4. The molecule has 0 saturated heterocycles. The molecule has 2 nitrogen and oxygen atoms in total. The molecule has 0 saturated carbocycles. The molecular weight excluding hydrogens is 186 g/mol. The van der Waals surface area contributed by atoms with Crippen LogP contribution in [0.1, 0.15) is 31.9 Å². The maximum atomic E-state index is 10.3. The predicted octanol–water partition coefficient (Wildman–Crippen LogP) is 1.17. The Balaban J connectivity index is 2.72. The van der Waals surface area contributed by atoms with Gasteiger partial charge in [0.1, 0.15) is 12.1 Å². The van der Waals surface area contributed by atoms with Gasteiger partial charge in [-0.3, -0.25) is 0 Å². The molecule has 1 atom stereocenters. The van der Waals surface area contributed by atoms with E-state index in [0.717, 1.165) is 5.56 Å². The standard InChI is InChI=1S/C13H21NO/c1-10(2)14-9-13(4,15)12-7-5-11(3)6-8-12/h5-8,10,14-15H,9H2,1-4H3/p+1/t13-/m1/s1. The lowest BCUT2D eigenvalue weighted by atomic mass is 9.95. The summed E-state index contributed by atoms with van der Waals surface area (Å²) < 4.78 is 0. The van der Waals surface area contributed by atoms with Crippen molar-refractivity contribution in [1.29, 1.82) is 0 Å². The molecule has 1 aromatic carbocycles. The molecular formula is C13H22NO+. The topological polar surface area (TPSA) is 36.8 Å². The van der Waals surface area contributed by atoms with Crippen LogP contribution < -0.4 is 5.32 Å². The third-order valence-electron chi connectivity index (χ3n) is 2.66. The minimum atomic E-state index is -0.738. The zero-order valence-electron chi connectivity index (χ0n) is 10.1. The summed E-state index contributed by atoms with van der Waals surface area (Å²) in [6, 6.07) is 8.60. The summed E-state index contributed by atoms with van der Waals surface area (Å²) in [5.41, 5.74) is 1.48. The molecule has 84 valence electrons. The number of benzene rings is 1. The van der Waals surface area contributed by atoms with E-state index >= 15 is 0 Å². The van der Waals surface area contributed by atoms with Crippen LogP contribution in [0.2, 0.25) is 0 Å². The monoisotopic (exact) mass is 208 g/mol. The molecule has 1 aromatic rings. The van der Waals surface area contributed by atoms with E-state index in [1.807, 2.05) is 31.2 Å². The predicted molar refractivity (Wildman–Crippen MR) is 62.7 cm³/mol. The van der Waals surface area contributed by atoms with E-state index in [4.69, 9.17) is 0 Å². The Labute approximate surface area is 92.3 Å². The Morgan fingerprint density at radius 3 is 2.27 bits per heavy atom. The summed E-state index contributed by atoms with van der Waals surface area (Å²) in [5, 5.41) is 12.4. The van der Waals surface area contributed by atoms with Gasteiger partial charge in [-0.2, -0.15) is 0 Å². The Morgan fingerprint density at radius 2 is 1.80 bits per heavy atom. The molecule has 0 heterocycles. The molecule has 0 amide bonds. The molecule has 3 N–H and O–H groups in total. The first-order valence-electron chi connectivity index (χ1n) is 5.54. The SMILES string of the molecule is Cc1ccc([C@](C)(O)C[NH2+]C(C)C)cc1. The number of hydrogen-bond donors (Lipinski definition) is 2. The number of nitrogens with two attached hydrogens (primary N) is 1. The smallest absolute Gasteiger partial charge is 0.135 e. The first-order chi connectivity index (χ1) is 6.92. The van der Waals surface area contributed by atoms with Crippen molar-refractivity contribution in [1.82, 2.24) is 0 Å². The first-order valence-corrected chi connectivity index (χ1v) is 5.54. The number of aliphatic hydroxyl groups is 1. The van der Waals surface area contributed by atoms with E-state index in [9.17, 15) is 5.11 Å². The van der Waals surface area contributed by atoms with Crippen LogP contribution in [0.5, 0.6) is 0 Å². The van der Waals surface area contributed by atoms with Gasteiger partial charge in [0.05, 0.1) is 6.04 Å². The Morgan fingerprint density at radius 1 is 1.27 bits per heavy atom. The normalized spacial score (nSPS) is 15.3. The molecule has 2 heteroatoms. The molecule has 0 spiro atoms. The van der Waals surface area contributed by atoms with Crippen molar-refractivity contribution in [3.63, 3.8) is 0 Å². The highest BCUT2D eigenvalue weighted by molar-refractivity contribution is 5.25. The third kappa shape index (κ3) is 3.65. The van der Waals surface area contributed by atoms with Crippen molar-refractivity contribution in [3.05, 3.63) is 35.4 Å². The number of quaternary nitrogens is 1. The van der Waals surface area contributed by atoms with Crippen molar-refractivity contribution in [2.24, 2.45) is 0 Å². The van der Waals surface area contributed by atoms with Crippen LogP contribution in [-0.2, 0) is 5.60 Å². The van der Waals surface area contributed by atoms with Crippen molar-refractivity contribution in [2.75, 3.05) is 6.54 Å². The van der Waals surface area contributed by atoms with Crippen molar-refractivity contribution >= 4 is 0 Å². The molecule has 0 aliphatic carbocycles. The minimum Gasteiger partial charge on any atom is -0.380 e. The Bertz CT molecular complexity index is 301. The van der Waals surface area contributed by atoms with E-state index in [0.29, 0.717) is 12.6 Å². The van der Waals surface area contributed by atoms with E-state index in [2.05, 4.69) is 26.1 Å². The van der Waals surface area contributed by atoms with Crippen LogP contribution in [0.3, 0.4) is 0 Å². The highest BCUT2D eigenvalue weighted by Crippen LogP contribution is 2.18. The van der Waals surface area contributed by atoms with Gasteiger partial charge in [0.2, 0.25) is 0 Å². The summed E-state index contributed by atoms with van der Waals surface area (Å²) in [4.78, 5) is 0. The molecule has 0 bridgehead atoms. The van der Waals surface area contributed by atoms with Crippen LogP contribution >= 0.6 is 0 Å². The fourth-order valence-electron chi connectivity index (χ4n) is 1.50. The van der Waals surface area contributed by atoms with Crippen LogP contribution in [0.15, 0.2) is 24.3 Å². The molecule has 0 fully saturated rings. The molecule has 0 aliphatic heterocycles. The second-order valence-corrected chi connectivity index (χ2v) is 4.82. The van der Waals surface area contributed by atoms with Gasteiger partial charge >= 0.3 is 0 Å². The summed E-state index contributed by atoms with van der Waals surface area (Å²) >= 11 is 0. The summed E-state index contributed by atoms with van der Waals surface area (Å²) in [6.07, 6.45) is 0. The third-order valence-corrected chi connectivity index (χ3v) is 2.66. The molecule has 0 aliphatic rings. The minimum absolute atomic E-state index is 0.516. The first kappa shape index (κ1) is 12.2. The fraction of sp³-hybridized carbons (Fsp3) is 0.538. The number of aryl methyl sites for hydroxylation is 1. The molecule has 0 aromatic heterocycles. The van der Waals surface area contributed by atoms with E-state index in [1.165, 1.54) is 5.56 Å². The highest BCUT2D eigenvalue weighted by atomic mass is 16.3. The van der Waals surface area contributed by atoms with Crippen LogP contribution in [0, 0.1) is 6.92 Å². The van der Waals surface area contributed by atoms with Gasteiger partial charge in [-0.1, -0.05) is 29.8 Å². The summed E-state index contributed by atoms with van der Waals surface area (Å²) in [6.45, 7) is 8.89. The van der Waals surface area contributed by atoms with Gasteiger partial charge in [0, 0.05) is 0 Å². The average molecular weight is 208 g/mol. The van der Waals surface area contributed by atoms with Gasteiger partial charge in [-0.05, 0) is 33.3 Å². The van der Waals surface area contributed by atoms with Gasteiger partial charge in [-0.25, -0.2) is 0 Å². The van der Waals surface area contributed by atoms with Crippen molar-refractivity contribution in [3.8, 4) is 0 Å². The van der Waals surface area contributed by atoms with E-state index in [1.54, 1.807) is 0 Å². The Kier molecular flexibility index (Phi) is 3.89. The summed E-state index contributed by atoms with van der Waals surface area (Å²) in [7, 11) is 0. The zero-order valence-corrected chi connectivity index (χ0v) is 10.1. The maximum absolute atomic E-state index is 10.3. The van der Waals surface area contributed by atoms with Crippen LogP contribution in [0.4, 0.5) is 0 Å².